The van der Waals surface area contributed by atoms with E-state index in [0.717, 1.165) is 6.07 Å². The molecule has 0 spiro atoms. The average molecular weight is 387 g/mol. The highest BCUT2D eigenvalue weighted by atomic mass is 19.4. The first-order valence-electron chi connectivity index (χ1n) is 8.29. The molecule has 1 radical (unpaired) electrons. The summed E-state index contributed by atoms with van der Waals surface area (Å²) in [7, 11) is 0. The van der Waals surface area contributed by atoms with Gasteiger partial charge in [0, 0.05) is 17.7 Å². The molecule has 1 atom stereocenters. The fraction of sp³-hybridized carbons (Fsp3) is 0.167. The van der Waals surface area contributed by atoms with Crippen LogP contribution in [0.2, 0.25) is 0 Å². The van der Waals surface area contributed by atoms with E-state index in [9.17, 15) is 18.4 Å². The van der Waals surface area contributed by atoms with Gasteiger partial charge in [0.1, 0.15) is 5.54 Å². The highest BCUT2D eigenvalue weighted by Crippen LogP contribution is 2.46. The molecule has 143 valence electrons. The maximum absolute atomic E-state index is 13.6. The van der Waals surface area contributed by atoms with Crippen LogP contribution in [0.15, 0.2) is 53.7 Å². The zero-order valence-electron chi connectivity index (χ0n) is 14.3. The van der Waals surface area contributed by atoms with Gasteiger partial charge in [-0.1, -0.05) is 35.5 Å². The average Bonchev–Trinajstić information content (AvgIpc) is 3.20. The number of H-pyrrole nitrogens is 1. The third-order valence-corrected chi connectivity index (χ3v) is 4.68. The molecule has 1 aliphatic carbocycles. The largest absolute Gasteiger partial charge is 0.416 e. The van der Waals surface area contributed by atoms with E-state index in [1.807, 2.05) is 0 Å². The summed E-state index contributed by atoms with van der Waals surface area (Å²) in [6.45, 7) is 0. The summed E-state index contributed by atoms with van der Waals surface area (Å²) in [4.78, 5) is 0. The Bertz CT molecular complexity index is 1020. The van der Waals surface area contributed by atoms with Crippen LogP contribution in [0.25, 0.3) is 11.4 Å². The third kappa shape index (κ3) is 2.96. The molecule has 3 aromatic rings. The van der Waals surface area contributed by atoms with Crippen molar-refractivity contribution in [1.82, 2.24) is 20.6 Å². The van der Waals surface area contributed by atoms with Crippen molar-refractivity contribution in [2.45, 2.75) is 18.1 Å². The monoisotopic (exact) mass is 387 g/mol. The fourth-order valence-electron chi connectivity index (χ4n) is 3.33. The number of hydrogen-bond donors (Lipinski definition) is 3. The summed E-state index contributed by atoms with van der Waals surface area (Å²) < 4.78 is 40.8. The van der Waals surface area contributed by atoms with Gasteiger partial charge >= 0.3 is 6.18 Å². The summed E-state index contributed by atoms with van der Waals surface area (Å²) >= 11 is 0. The van der Waals surface area contributed by atoms with E-state index in [4.69, 9.17) is 0 Å². The minimum atomic E-state index is -4.55. The predicted octanol–water partition coefficient (Wildman–Crippen LogP) is 3.63. The van der Waals surface area contributed by atoms with Crippen LogP contribution in [-0.4, -0.2) is 31.5 Å². The maximum atomic E-state index is 13.6. The van der Waals surface area contributed by atoms with E-state index >= 15 is 0 Å². The second-order valence-corrected chi connectivity index (χ2v) is 6.30. The van der Waals surface area contributed by atoms with Crippen molar-refractivity contribution in [1.29, 1.82) is 0 Å². The third-order valence-electron chi connectivity index (χ3n) is 4.68. The normalized spacial score (nSPS) is 20.8. The van der Waals surface area contributed by atoms with Gasteiger partial charge in [-0.25, -0.2) is 5.10 Å². The Hall–Kier alpha value is -3.43. The quantitative estimate of drug-likeness (QED) is 0.469. The van der Waals surface area contributed by atoms with Gasteiger partial charge in [-0.05, 0) is 40.6 Å². The first kappa shape index (κ1) is 18.0. The van der Waals surface area contributed by atoms with Gasteiger partial charge in [-0.15, -0.1) is 5.10 Å². The van der Waals surface area contributed by atoms with Crippen LogP contribution in [0.4, 0.5) is 18.9 Å². The van der Waals surface area contributed by atoms with Crippen molar-refractivity contribution in [3.63, 3.8) is 0 Å². The Kier molecular flexibility index (Phi) is 4.25. The van der Waals surface area contributed by atoms with Crippen LogP contribution in [0.1, 0.15) is 17.5 Å². The number of benzene rings is 2. The molecule has 2 aromatic carbocycles. The van der Waals surface area contributed by atoms with E-state index in [0.29, 0.717) is 17.1 Å². The van der Waals surface area contributed by atoms with Crippen LogP contribution in [0.3, 0.4) is 0 Å². The number of aromatic nitrogens is 4. The van der Waals surface area contributed by atoms with Gasteiger partial charge in [-0.3, -0.25) is 0 Å². The molecule has 1 fully saturated rings. The molecule has 0 saturated heterocycles. The Labute approximate surface area is 157 Å². The summed E-state index contributed by atoms with van der Waals surface area (Å²) in [5, 5.41) is 29.2. The van der Waals surface area contributed by atoms with E-state index in [1.54, 1.807) is 30.7 Å². The molecule has 7 nitrogen and oxygen atoms in total. The minimum Gasteiger partial charge on any atom is -0.411 e. The van der Waals surface area contributed by atoms with Crippen LogP contribution in [0.5, 0.6) is 0 Å². The molecule has 1 unspecified atom stereocenters. The number of tetrazole rings is 1. The van der Waals surface area contributed by atoms with Crippen LogP contribution < -0.4 is 5.32 Å². The lowest BCUT2D eigenvalue weighted by Crippen LogP contribution is -2.53. The lowest BCUT2D eigenvalue weighted by Gasteiger charge is -2.45. The van der Waals surface area contributed by atoms with Crippen molar-refractivity contribution in [3.8, 4) is 11.4 Å². The number of alkyl halides is 3. The molecule has 0 aliphatic heterocycles. The lowest BCUT2D eigenvalue weighted by molar-refractivity contribution is -0.138. The molecule has 4 rings (SSSR count). The van der Waals surface area contributed by atoms with Crippen molar-refractivity contribution in [3.05, 3.63) is 66.1 Å². The summed E-state index contributed by atoms with van der Waals surface area (Å²) in [6.07, 6.45) is -2.74. The molecule has 0 bridgehead atoms. The van der Waals surface area contributed by atoms with E-state index in [1.165, 1.54) is 18.2 Å². The van der Waals surface area contributed by atoms with Crippen LogP contribution in [0, 0.1) is 6.42 Å². The SMILES string of the molecule is ON=C1[CH]CC1(Nc1cccc(-c2nnn[nH]2)c1)c1ccccc1C(F)(F)F. The summed E-state index contributed by atoms with van der Waals surface area (Å²) in [5.41, 5.74) is -0.799. The number of hydrogen-bond acceptors (Lipinski definition) is 6. The van der Waals surface area contributed by atoms with Gasteiger partial charge in [0.25, 0.3) is 0 Å². The smallest absolute Gasteiger partial charge is 0.411 e. The van der Waals surface area contributed by atoms with Gasteiger partial charge in [-0.2, -0.15) is 13.2 Å². The Morgan fingerprint density at radius 3 is 2.61 bits per heavy atom. The highest BCUT2D eigenvalue weighted by Gasteiger charge is 2.50. The highest BCUT2D eigenvalue weighted by molar-refractivity contribution is 6.09. The van der Waals surface area contributed by atoms with Gasteiger partial charge < -0.3 is 10.5 Å². The predicted molar refractivity (Wildman–Crippen MR) is 94.5 cm³/mol. The van der Waals surface area contributed by atoms with Crippen molar-refractivity contribution in [2.24, 2.45) is 5.16 Å². The van der Waals surface area contributed by atoms with Crippen molar-refractivity contribution < 1.29 is 18.4 Å². The Morgan fingerprint density at radius 1 is 1.14 bits per heavy atom. The first-order valence-corrected chi connectivity index (χ1v) is 8.29. The topological polar surface area (TPSA) is 99.1 Å². The number of rotatable bonds is 4. The molecule has 0 amide bonds. The molecule has 28 heavy (non-hydrogen) atoms. The maximum Gasteiger partial charge on any atom is 0.416 e. The number of aromatic amines is 1. The molecule has 10 heteroatoms. The van der Waals surface area contributed by atoms with Gasteiger partial charge in [0.2, 0.25) is 0 Å². The number of halogens is 3. The molecule has 1 aliphatic rings. The number of oxime groups is 1. The molecule has 1 saturated carbocycles. The van der Waals surface area contributed by atoms with Gasteiger partial charge in [0.05, 0.1) is 11.3 Å². The second kappa shape index (κ2) is 6.63. The standard InChI is InChI=1S/C18H14F3N6O/c19-18(20,21)14-7-2-1-6-13(14)17(9-8-15(17)25-28)22-12-5-3-4-11(10-12)16-23-26-27-24-16/h1-8,10,22,28H,9H2,(H,23,24,26,27). The number of nitrogens with one attached hydrogen (secondary N) is 2. The molecule has 1 heterocycles. The van der Waals surface area contributed by atoms with E-state index in [-0.39, 0.29) is 17.7 Å². The fourth-order valence-corrected chi connectivity index (χ4v) is 3.33. The minimum absolute atomic E-state index is 0.00969. The van der Waals surface area contributed by atoms with Crippen LogP contribution >= 0.6 is 0 Å². The molecule has 1 aromatic heterocycles. The van der Waals surface area contributed by atoms with E-state index < -0.39 is 17.3 Å². The van der Waals surface area contributed by atoms with Crippen LogP contribution in [-0.2, 0) is 11.7 Å². The van der Waals surface area contributed by atoms with Crippen molar-refractivity contribution in [2.75, 3.05) is 5.32 Å². The summed E-state index contributed by atoms with van der Waals surface area (Å²) in [6, 6.07) is 12.2. The van der Waals surface area contributed by atoms with Gasteiger partial charge in [0.15, 0.2) is 5.82 Å². The lowest BCUT2D eigenvalue weighted by atomic mass is 9.68. The number of anilines is 1. The number of nitrogens with zero attached hydrogens (tertiary/aromatic N) is 4. The molecular weight excluding hydrogens is 373 g/mol. The summed E-state index contributed by atoms with van der Waals surface area (Å²) in [5.74, 6) is 0.421. The first-order chi connectivity index (χ1) is 13.4. The zero-order valence-corrected chi connectivity index (χ0v) is 14.3. The van der Waals surface area contributed by atoms with Crippen molar-refractivity contribution >= 4 is 11.4 Å². The molecule has 3 N–H and O–H groups in total. The Balaban J connectivity index is 1.79. The van der Waals surface area contributed by atoms with E-state index in [2.05, 4.69) is 31.1 Å². The zero-order chi connectivity index (χ0) is 19.8. The Morgan fingerprint density at radius 2 is 1.96 bits per heavy atom. The molecular formula is C18H14F3N6O. The second-order valence-electron chi connectivity index (χ2n) is 6.30.